The van der Waals surface area contributed by atoms with Crippen molar-refractivity contribution in [2.24, 2.45) is 0 Å². The maximum atomic E-state index is 12.8. The standard InChI is InChI=1S/C22H15ClN4O/c1-14-10-17(6-7-18(14)12-25)22(28)27-21(20-9-8-19(23)13-26-20)16-4-2-15(11-24)3-5-16/h2-10,13,21H,1H3,(H,27,28). The second-order valence-corrected chi connectivity index (χ2v) is 6.62. The zero-order chi connectivity index (χ0) is 20.1. The Morgan fingerprint density at radius 1 is 1.07 bits per heavy atom. The molecule has 0 saturated carbocycles. The van der Waals surface area contributed by atoms with Crippen molar-refractivity contribution in [3.63, 3.8) is 0 Å². The van der Waals surface area contributed by atoms with Crippen molar-refractivity contribution in [2.75, 3.05) is 0 Å². The zero-order valence-corrected chi connectivity index (χ0v) is 15.7. The third-order valence-corrected chi connectivity index (χ3v) is 4.53. The van der Waals surface area contributed by atoms with Crippen LogP contribution in [0.1, 0.15) is 44.3 Å². The van der Waals surface area contributed by atoms with Crippen molar-refractivity contribution in [3.8, 4) is 12.1 Å². The molecule has 0 aliphatic carbocycles. The number of carbonyl (C=O) groups excluding carboxylic acids is 1. The summed E-state index contributed by atoms with van der Waals surface area (Å²) in [4.78, 5) is 17.2. The number of benzene rings is 2. The molecule has 136 valence electrons. The number of carbonyl (C=O) groups is 1. The van der Waals surface area contributed by atoms with Gasteiger partial charge in [-0.3, -0.25) is 9.78 Å². The minimum absolute atomic E-state index is 0.293. The average Bonchev–Trinajstić information content (AvgIpc) is 2.72. The average molecular weight is 387 g/mol. The van der Waals surface area contributed by atoms with Gasteiger partial charge in [0.25, 0.3) is 5.91 Å². The molecular formula is C22H15ClN4O. The number of aromatic nitrogens is 1. The van der Waals surface area contributed by atoms with Gasteiger partial charge in [0, 0.05) is 11.8 Å². The highest BCUT2D eigenvalue weighted by atomic mass is 35.5. The van der Waals surface area contributed by atoms with E-state index in [2.05, 4.69) is 22.4 Å². The molecule has 6 heteroatoms. The van der Waals surface area contributed by atoms with E-state index in [-0.39, 0.29) is 5.91 Å². The molecule has 1 atom stereocenters. The van der Waals surface area contributed by atoms with Crippen molar-refractivity contribution in [2.45, 2.75) is 13.0 Å². The Morgan fingerprint density at radius 3 is 2.39 bits per heavy atom. The Balaban J connectivity index is 1.95. The van der Waals surface area contributed by atoms with Crippen LogP contribution in [0, 0.1) is 29.6 Å². The van der Waals surface area contributed by atoms with Gasteiger partial charge >= 0.3 is 0 Å². The fourth-order valence-corrected chi connectivity index (χ4v) is 2.89. The molecule has 3 aromatic rings. The summed E-state index contributed by atoms with van der Waals surface area (Å²) in [5.74, 6) is -0.293. The molecule has 2 aromatic carbocycles. The van der Waals surface area contributed by atoms with E-state index in [9.17, 15) is 4.79 Å². The molecule has 5 nitrogen and oxygen atoms in total. The number of pyridine rings is 1. The van der Waals surface area contributed by atoms with Crippen LogP contribution < -0.4 is 5.32 Å². The number of rotatable bonds is 4. The van der Waals surface area contributed by atoms with Crippen LogP contribution in [0.3, 0.4) is 0 Å². The molecule has 0 saturated heterocycles. The van der Waals surface area contributed by atoms with Gasteiger partial charge < -0.3 is 5.32 Å². The summed E-state index contributed by atoms with van der Waals surface area (Å²) >= 11 is 5.94. The van der Waals surface area contributed by atoms with Crippen molar-refractivity contribution in [3.05, 3.63) is 99.3 Å². The molecule has 3 rings (SSSR count). The highest BCUT2D eigenvalue weighted by Crippen LogP contribution is 2.23. The fourth-order valence-electron chi connectivity index (χ4n) is 2.78. The molecule has 0 aliphatic rings. The van der Waals surface area contributed by atoms with Gasteiger partial charge in [0.15, 0.2) is 0 Å². The second-order valence-electron chi connectivity index (χ2n) is 6.18. The second kappa shape index (κ2) is 8.35. The predicted octanol–water partition coefficient (Wildman–Crippen LogP) is 4.31. The number of hydrogen-bond acceptors (Lipinski definition) is 4. The van der Waals surface area contributed by atoms with E-state index in [0.717, 1.165) is 11.1 Å². The maximum absolute atomic E-state index is 12.8. The van der Waals surface area contributed by atoms with Gasteiger partial charge in [-0.05, 0) is 60.5 Å². The normalized spacial score (nSPS) is 11.1. The smallest absolute Gasteiger partial charge is 0.252 e. The third-order valence-electron chi connectivity index (χ3n) is 4.30. The van der Waals surface area contributed by atoms with Gasteiger partial charge in [0.2, 0.25) is 0 Å². The summed E-state index contributed by atoms with van der Waals surface area (Å²) in [6, 6.07) is 19.0. The predicted molar refractivity (Wildman–Crippen MR) is 106 cm³/mol. The molecule has 0 aliphatic heterocycles. The quantitative estimate of drug-likeness (QED) is 0.723. The van der Waals surface area contributed by atoms with Gasteiger partial charge in [-0.2, -0.15) is 10.5 Å². The molecule has 1 aromatic heterocycles. The summed E-state index contributed by atoms with van der Waals surface area (Å²) in [6.45, 7) is 1.79. The van der Waals surface area contributed by atoms with E-state index in [1.165, 1.54) is 6.20 Å². The zero-order valence-electron chi connectivity index (χ0n) is 15.0. The minimum atomic E-state index is -0.520. The summed E-state index contributed by atoms with van der Waals surface area (Å²) < 4.78 is 0. The van der Waals surface area contributed by atoms with Crippen molar-refractivity contribution in [1.29, 1.82) is 10.5 Å². The largest absolute Gasteiger partial charge is 0.340 e. The summed E-state index contributed by atoms with van der Waals surface area (Å²) in [5.41, 5.74) is 3.64. The maximum Gasteiger partial charge on any atom is 0.252 e. The van der Waals surface area contributed by atoms with Crippen molar-refractivity contribution in [1.82, 2.24) is 10.3 Å². The monoisotopic (exact) mass is 386 g/mol. The number of halogens is 1. The van der Waals surface area contributed by atoms with E-state index >= 15 is 0 Å². The van der Waals surface area contributed by atoms with Crippen LogP contribution in [0.2, 0.25) is 5.02 Å². The number of nitrogens with zero attached hydrogens (tertiary/aromatic N) is 3. The number of nitrogens with one attached hydrogen (secondary N) is 1. The van der Waals surface area contributed by atoms with Crippen LogP contribution in [0.4, 0.5) is 0 Å². The van der Waals surface area contributed by atoms with Crippen LogP contribution in [-0.2, 0) is 0 Å². The first-order chi connectivity index (χ1) is 13.5. The van der Waals surface area contributed by atoms with E-state index in [4.69, 9.17) is 22.1 Å². The van der Waals surface area contributed by atoms with Crippen LogP contribution in [0.15, 0.2) is 60.8 Å². The molecular weight excluding hydrogens is 372 g/mol. The first-order valence-electron chi connectivity index (χ1n) is 8.45. The van der Waals surface area contributed by atoms with E-state index < -0.39 is 6.04 Å². The summed E-state index contributed by atoms with van der Waals surface area (Å²) in [6.07, 6.45) is 1.52. The lowest BCUT2D eigenvalue weighted by Gasteiger charge is -2.19. The lowest BCUT2D eigenvalue weighted by atomic mass is 10.0. The van der Waals surface area contributed by atoms with Crippen LogP contribution in [0.5, 0.6) is 0 Å². The van der Waals surface area contributed by atoms with Gasteiger partial charge in [-0.15, -0.1) is 0 Å². The molecule has 28 heavy (non-hydrogen) atoms. The van der Waals surface area contributed by atoms with E-state index in [1.54, 1.807) is 61.5 Å². The Labute approximate surface area is 167 Å². The molecule has 1 heterocycles. The van der Waals surface area contributed by atoms with Gasteiger partial charge in [-0.25, -0.2) is 0 Å². The molecule has 1 amide bonds. The molecule has 0 radical (unpaired) electrons. The third kappa shape index (κ3) is 4.17. The number of amides is 1. The van der Waals surface area contributed by atoms with Gasteiger partial charge in [0.05, 0.1) is 40.0 Å². The van der Waals surface area contributed by atoms with Gasteiger partial charge in [-0.1, -0.05) is 23.7 Å². The van der Waals surface area contributed by atoms with Crippen LogP contribution in [-0.4, -0.2) is 10.9 Å². The molecule has 0 bridgehead atoms. The highest BCUT2D eigenvalue weighted by Gasteiger charge is 2.19. The summed E-state index contributed by atoms with van der Waals surface area (Å²) in [5, 5.41) is 21.5. The Bertz CT molecular complexity index is 1090. The first-order valence-corrected chi connectivity index (χ1v) is 8.82. The van der Waals surface area contributed by atoms with Gasteiger partial charge in [0.1, 0.15) is 0 Å². The Kier molecular flexibility index (Phi) is 5.69. The summed E-state index contributed by atoms with van der Waals surface area (Å²) in [7, 11) is 0. The number of nitriles is 2. The molecule has 0 spiro atoms. The SMILES string of the molecule is Cc1cc(C(=O)NC(c2ccc(C#N)cc2)c2ccc(Cl)cn2)ccc1C#N. The lowest BCUT2D eigenvalue weighted by Crippen LogP contribution is -2.30. The van der Waals surface area contributed by atoms with E-state index in [1.807, 2.05) is 0 Å². The Morgan fingerprint density at radius 2 is 1.82 bits per heavy atom. The van der Waals surface area contributed by atoms with Crippen LogP contribution >= 0.6 is 11.6 Å². The van der Waals surface area contributed by atoms with Crippen LogP contribution in [0.25, 0.3) is 0 Å². The first kappa shape index (κ1) is 19.1. The molecule has 1 unspecified atom stereocenters. The minimum Gasteiger partial charge on any atom is -0.340 e. The Hall–Kier alpha value is -3.67. The van der Waals surface area contributed by atoms with Crippen molar-refractivity contribution >= 4 is 17.5 Å². The molecule has 0 fully saturated rings. The number of aryl methyl sites for hydroxylation is 1. The van der Waals surface area contributed by atoms with Crippen molar-refractivity contribution < 1.29 is 4.79 Å². The van der Waals surface area contributed by atoms with E-state index in [0.29, 0.717) is 27.4 Å². The highest BCUT2D eigenvalue weighted by molar-refractivity contribution is 6.30. The molecule has 1 N–H and O–H groups in total. The fraction of sp³-hybridized carbons (Fsp3) is 0.0909. The number of hydrogen-bond donors (Lipinski definition) is 1. The topological polar surface area (TPSA) is 89.6 Å². The lowest BCUT2D eigenvalue weighted by molar-refractivity contribution is 0.0942.